The molecule has 0 saturated carbocycles. The minimum atomic E-state index is -0.0628. The van der Waals surface area contributed by atoms with E-state index in [4.69, 9.17) is 5.84 Å². The standard InChI is InChI=1S/C16H22N6O/c1-10-4-3-5-12(21-17)13-8-11(6-7-18-13)15-14(20-16(10)23)9-19-22(15)2/h6-10,12,21H,3-5,17H2,1-2H3,(H,20,23)/t10-,12+/m1/s1. The van der Waals surface area contributed by atoms with Gasteiger partial charge in [0.25, 0.3) is 0 Å². The maximum Gasteiger partial charge on any atom is 0.227 e. The van der Waals surface area contributed by atoms with Gasteiger partial charge in [0.15, 0.2) is 0 Å². The zero-order chi connectivity index (χ0) is 16.4. The van der Waals surface area contributed by atoms with Crippen LogP contribution < -0.4 is 16.6 Å². The van der Waals surface area contributed by atoms with Gasteiger partial charge >= 0.3 is 0 Å². The second-order valence-electron chi connectivity index (χ2n) is 6.04. The summed E-state index contributed by atoms with van der Waals surface area (Å²) in [5.41, 5.74) is 6.28. The van der Waals surface area contributed by atoms with Crippen LogP contribution >= 0.6 is 0 Å². The molecule has 0 aliphatic carbocycles. The van der Waals surface area contributed by atoms with Crippen LogP contribution in [0.1, 0.15) is 37.9 Å². The molecule has 0 saturated heterocycles. The lowest BCUT2D eigenvalue weighted by Gasteiger charge is -2.19. The van der Waals surface area contributed by atoms with E-state index in [-0.39, 0.29) is 17.9 Å². The molecule has 0 aromatic carbocycles. The van der Waals surface area contributed by atoms with Crippen LogP contribution in [0.2, 0.25) is 0 Å². The first-order valence-corrected chi connectivity index (χ1v) is 7.85. The highest BCUT2D eigenvalue weighted by molar-refractivity contribution is 5.95. The zero-order valence-corrected chi connectivity index (χ0v) is 13.4. The smallest absolute Gasteiger partial charge is 0.227 e. The van der Waals surface area contributed by atoms with Crippen molar-refractivity contribution in [2.75, 3.05) is 5.32 Å². The van der Waals surface area contributed by atoms with Crippen molar-refractivity contribution < 1.29 is 4.79 Å². The molecule has 2 aromatic heterocycles. The van der Waals surface area contributed by atoms with Gasteiger partial charge in [0.2, 0.25) is 5.91 Å². The number of fused-ring (bicyclic) bond motifs is 4. The normalized spacial score (nSPS) is 21.8. The van der Waals surface area contributed by atoms with E-state index < -0.39 is 0 Å². The summed E-state index contributed by atoms with van der Waals surface area (Å²) < 4.78 is 1.76. The summed E-state index contributed by atoms with van der Waals surface area (Å²) in [4.78, 5) is 16.8. The lowest BCUT2D eigenvalue weighted by Crippen LogP contribution is -2.29. The summed E-state index contributed by atoms with van der Waals surface area (Å²) >= 11 is 0. The Morgan fingerprint density at radius 2 is 2.26 bits per heavy atom. The third kappa shape index (κ3) is 3.11. The number of pyridine rings is 1. The van der Waals surface area contributed by atoms with Gasteiger partial charge < -0.3 is 5.32 Å². The molecule has 7 nitrogen and oxygen atoms in total. The summed E-state index contributed by atoms with van der Waals surface area (Å²) in [7, 11) is 1.86. The molecule has 0 radical (unpaired) electrons. The number of hydrazine groups is 1. The summed E-state index contributed by atoms with van der Waals surface area (Å²) in [5, 5.41) is 7.28. The second kappa shape index (κ2) is 6.47. The SMILES string of the molecule is C[C@@H]1CCC[C@H](NN)c2cc(ccn2)-c2c(cnn2C)NC1=O. The van der Waals surface area contributed by atoms with E-state index in [1.807, 2.05) is 26.1 Å². The maximum absolute atomic E-state index is 12.4. The fraction of sp³-hybridized carbons (Fsp3) is 0.438. The highest BCUT2D eigenvalue weighted by atomic mass is 16.1. The Hall–Kier alpha value is -2.25. The monoisotopic (exact) mass is 314 g/mol. The Kier molecular flexibility index (Phi) is 4.40. The van der Waals surface area contributed by atoms with Gasteiger partial charge in [-0.2, -0.15) is 5.10 Å². The summed E-state index contributed by atoms with van der Waals surface area (Å²) in [5.74, 6) is 5.66. The highest BCUT2D eigenvalue weighted by Gasteiger charge is 2.21. The molecule has 23 heavy (non-hydrogen) atoms. The van der Waals surface area contributed by atoms with Gasteiger partial charge in [0.05, 0.1) is 29.3 Å². The number of carbonyl (C=O) groups excluding carboxylic acids is 1. The van der Waals surface area contributed by atoms with Crippen molar-refractivity contribution in [1.29, 1.82) is 0 Å². The first-order valence-electron chi connectivity index (χ1n) is 7.85. The average molecular weight is 314 g/mol. The van der Waals surface area contributed by atoms with Crippen molar-refractivity contribution >= 4 is 11.6 Å². The molecule has 0 spiro atoms. The van der Waals surface area contributed by atoms with E-state index in [0.717, 1.165) is 41.9 Å². The number of hydrogen-bond acceptors (Lipinski definition) is 5. The zero-order valence-electron chi connectivity index (χ0n) is 13.4. The van der Waals surface area contributed by atoms with Gasteiger partial charge in [0, 0.05) is 24.7 Å². The Morgan fingerprint density at radius 3 is 3.04 bits per heavy atom. The van der Waals surface area contributed by atoms with Crippen molar-refractivity contribution in [3.8, 4) is 11.3 Å². The van der Waals surface area contributed by atoms with Crippen LogP contribution in [0.3, 0.4) is 0 Å². The quantitative estimate of drug-likeness (QED) is 0.550. The first kappa shape index (κ1) is 15.6. The number of carbonyl (C=O) groups is 1. The third-order valence-corrected chi connectivity index (χ3v) is 4.39. The number of nitrogens with zero attached hydrogens (tertiary/aromatic N) is 3. The maximum atomic E-state index is 12.4. The van der Waals surface area contributed by atoms with Gasteiger partial charge in [0.1, 0.15) is 0 Å². The number of aromatic nitrogens is 3. The van der Waals surface area contributed by atoms with Gasteiger partial charge in [-0.1, -0.05) is 13.3 Å². The minimum Gasteiger partial charge on any atom is -0.323 e. The molecule has 122 valence electrons. The van der Waals surface area contributed by atoms with Crippen molar-refractivity contribution in [1.82, 2.24) is 20.2 Å². The van der Waals surface area contributed by atoms with Crippen molar-refractivity contribution in [3.05, 3.63) is 30.2 Å². The van der Waals surface area contributed by atoms with Crippen LogP contribution in [0.25, 0.3) is 11.3 Å². The number of hydrogen-bond donors (Lipinski definition) is 3. The molecule has 2 aromatic rings. The summed E-state index contributed by atoms with van der Waals surface area (Å²) in [6.45, 7) is 1.94. The van der Waals surface area contributed by atoms with E-state index in [0.29, 0.717) is 0 Å². The van der Waals surface area contributed by atoms with E-state index in [1.165, 1.54) is 0 Å². The van der Waals surface area contributed by atoms with Crippen LogP contribution in [-0.4, -0.2) is 20.7 Å². The molecule has 0 unspecified atom stereocenters. The second-order valence-corrected chi connectivity index (χ2v) is 6.04. The van der Waals surface area contributed by atoms with E-state index in [2.05, 4.69) is 20.8 Å². The molecular formula is C16H22N6O. The van der Waals surface area contributed by atoms with Crippen molar-refractivity contribution in [3.63, 3.8) is 0 Å². The van der Waals surface area contributed by atoms with Crippen molar-refractivity contribution in [2.24, 2.45) is 18.8 Å². The fourth-order valence-corrected chi connectivity index (χ4v) is 2.99. The molecule has 0 fully saturated rings. The van der Waals surface area contributed by atoms with Gasteiger partial charge in [-0.3, -0.25) is 25.7 Å². The van der Waals surface area contributed by atoms with Gasteiger partial charge in [-0.05, 0) is 25.0 Å². The fourth-order valence-electron chi connectivity index (χ4n) is 2.99. The minimum absolute atomic E-state index is 0.0198. The van der Waals surface area contributed by atoms with Crippen LogP contribution in [0.5, 0.6) is 0 Å². The molecule has 3 heterocycles. The Morgan fingerprint density at radius 1 is 1.43 bits per heavy atom. The van der Waals surface area contributed by atoms with Gasteiger partial charge in [-0.15, -0.1) is 0 Å². The van der Waals surface area contributed by atoms with Crippen LogP contribution in [0.4, 0.5) is 5.69 Å². The number of amides is 1. The molecule has 1 aliphatic rings. The molecule has 3 rings (SSSR count). The molecule has 2 atom stereocenters. The average Bonchev–Trinajstić information content (AvgIpc) is 2.91. The first-order chi connectivity index (χ1) is 11.1. The molecule has 7 heteroatoms. The lowest BCUT2D eigenvalue weighted by atomic mass is 9.97. The predicted molar refractivity (Wildman–Crippen MR) is 88.1 cm³/mol. The van der Waals surface area contributed by atoms with Crippen molar-refractivity contribution in [2.45, 2.75) is 32.2 Å². The Balaban J connectivity index is 2.10. The summed E-state index contributed by atoms with van der Waals surface area (Å²) in [6, 6.07) is 3.89. The van der Waals surface area contributed by atoms with Crippen LogP contribution in [0.15, 0.2) is 24.5 Å². The van der Waals surface area contributed by atoms with Crippen LogP contribution in [0, 0.1) is 5.92 Å². The van der Waals surface area contributed by atoms with E-state index in [9.17, 15) is 4.79 Å². The number of nitrogens with one attached hydrogen (secondary N) is 2. The lowest BCUT2D eigenvalue weighted by molar-refractivity contribution is -0.119. The Bertz CT molecular complexity index is 710. The predicted octanol–water partition coefficient (Wildman–Crippen LogP) is 1.74. The topological polar surface area (TPSA) is 97.9 Å². The highest BCUT2D eigenvalue weighted by Crippen LogP contribution is 2.31. The number of nitrogens with two attached hydrogens (primary N) is 1. The van der Waals surface area contributed by atoms with E-state index in [1.54, 1.807) is 17.1 Å². The van der Waals surface area contributed by atoms with E-state index >= 15 is 0 Å². The molecule has 4 N–H and O–H groups in total. The molecule has 1 amide bonds. The number of rotatable bonds is 1. The summed E-state index contributed by atoms with van der Waals surface area (Å²) in [6.07, 6.45) is 5.99. The number of aryl methyl sites for hydroxylation is 1. The molecular weight excluding hydrogens is 292 g/mol. The third-order valence-electron chi connectivity index (χ3n) is 4.39. The molecule has 2 bridgehead atoms. The van der Waals surface area contributed by atoms with Crippen LogP contribution in [-0.2, 0) is 11.8 Å². The largest absolute Gasteiger partial charge is 0.323 e. The van der Waals surface area contributed by atoms with Gasteiger partial charge in [-0.25, -0.2) is 0 Å². The number of anilines is 1. The Labute approximate surface area is 135 Å². The molecule has 1 aliphatic heterocycles.